The fourth-order valence-electron chi connectivity index (χ4n) is 3.12. The first-order chi connectivity index (χ1) is 9.51. The maximum absolute atomic E-state index is 4.11. The van der Waals surface area contributed by atoms with Crippen LogP contribution in [0.5, 0.6) is 0 Å². The Kier molecular flexibility index (Phi) is 4.86. The Labute approximate surface area is 123 Å². The molecule has 0 radical (unpaired) electrons. The molecule has 0 aliphatic carbocycles. The highest BCUT2D eigenvalue weighted by Gasteiger charge is 2.40. The van der Waals surface area contributed by atoms with Gasteiger partial charge in [0.15, 0.2) is 0 Å². The number of hydrogen-bond donors (Lipinski definition) is 1. The van der Waals surface area contributed by atoms with E-state index in [9.17, 15) is 0 Å². The Morgan fingerprint density at radius 1 is 1.20 bits per heavy atom. The SMILES string of the molecule is CCC1(CC)CN(CCCn2ccnc2)C(C)(C)CN1. The third kappa shape index (κ3) is 3.41. The summed E-state index contributed by atoms with van der Waals surface area (Å²) in [5, 5.41) is 3.80. The Bertz CT molecular complexity index is 393. The second-order valence-electron chi connectivity index (χ2n) is 6.73. The van der Waals surface area contributed by atoms with E-state index >= 15 is 0 Å². The van der Waals surface area contributed by atoms with Crippen LogP contribution in [0.3, 0.4) is 0 Å². The van der Waals surface area contributed by atoms with E-state index in [2.05, 4.69) is 47.5 Å². The molecule has 114 valence electrons. The summed E-state index contributed by atoms with van der Waals surface area (Å²) in [4.78, 5) is 6.78. The molecule has 1 N–H and O–H groups in total. The van der Waals surface area contributed by atoms with Crippen LogP contribution in [-0.2, 0) is 6.54 Å². The van der Waals surface area contributed by atoms with Gasteiger partial charge in [-0.05, 0) is 33.1 Å². The summed E-state index contributed by atoms with van der Waals surface area (Å²) in [5.41, 5.74) is 0.563. The molecule has 4 heteroatoms. The summed E-state index contributed by atoms with van der Waals surface area (Å²) in [6.07, 6.45) is 9.41. The summed E-state index contributed by atoms with van der Waals surface area (Å²) in [5.74, 6) is 0. The van der Waals surface area contributed by atoms with Crippen molar-refractivity contribution < 1.29 is 0 Å². The largest absolute Gasteiger partial charge is 0.337 e. The molecule has 2 heterocycles. The Morgan fingerprint density at radius 2 is 1.95 bits per heavy atom. The van der Waals surface area contributed by atoms with E-state index in [-0.39, 0.29) is 5.54 Å². The predicted octanol–water partition coefficient (Wildman–Crippen LogP) is 2.52. The topological polar surface area (TPSA) is 33.1 Å². The number of aryl methyl sites for hydroxylation is 1. The van der Waals surface area contributed by atoms with Crippen molar-refractivity contribution in [2.24, 2.45) is 0 Å². The van der Waals surface area contributed by atoms with Crippen molar-refractivity contribution in [1.82, 2.24) is 19.8 Å². The minimum atomic E-state index is 0.253. The van der Waals surface area contributed by atoms with Crippen LogP contribution < -0.4 is 5.32 Å². The van der Waals surface area contributed by atoms with E-state index in [1.165, 1.54) is 19.3 Å². The van der Waals surface area contributed by atoms with Crippen molar-refractivity contribution in [3.63, 3.8) is 0 Å². The van der Waals surface area contributed by atoms with E-state index in [0.717, 1.165) is 26.2 Å². The fourth-order valence-corrected chi connectivity index (χ4v) is 3.12. The molecule has 0 bridgehead atoms. The summed E-state index contributed by atoms with van der Waals surface area (Å²) < 4.78 is 2.17. The van der Waals surface area contributed by atoms with Crippen molar-refractivity contribution in [2.45, 2.75) is 64.6 Å². The lowest BCUT2D eigenvalue weighted by molar-refractivity contribution is 0.0211. The van der Waals surface area contributed by atoms with Gasteiger partial charge in [-0.2, -0.15) is 0 Å². The molecular weight excluding hydrogens is 248 g/mol. The number of rotatable bonds is 6. The van der Waals surface area contributed by atoms with Crippen LogP contribution in [-0.4, -0.2) is 45.2 Å². The maximum Gasteiger partial charge on any atom is 0.0945 e. The summed E-state index contributed by atoms with van der Waals surface area (Å²) in [7, 11) is 0. The van der Waals surface area contributed by atoms with Gasteiger partial charge in [0.25, 0.3) is 0 Å². The lowest BCUT2D eigenvalue weighted by Gasteiger charge is -2.52. The molecule has 1 aliphatic heterocycles. The van der Waals surface area contributed by atoms with Gasteiger partial charge in [0.05, 0.1) is 6.33 Å². The van der Waals surface area contributed by atoms with Crippen LogP contribution in [0, 0.1) is 0 Å². The van der Waals surface area contributed by atoms with Crippen LogP contribution in [0.25, 0.3) is 0 Å². The molecule has 1 aromatic heterocycles. The molecule has 2 rings (SSSR count). The first kappa shape index (κ1) is 15.5. The van der Waals surface area contributed by atoms with Gasteiger partial charge in [0.1, 0.15) is 0 Å². The summed E-state index contributed by atoms with van der Waals surface area (Å²) in [6.45, 7) is 13.8. The van der Waals surface area contributed by atoms with Crippen molar-refractivity contribution in [3.8, 4) is 0 Å². The van der Waals surface area contributed by atoms with Crippen LogP contribution >= 0.6 is 0 Å². The molecular formula is C16H30N4. The van der Waals surface area contributed by atoms with Gasteiger partial charge in [0.2, 0.25) is 0 Å². The van der Waals surface area contributed by atoms with Crippen LogP contribution in [0.4, 0.5) is 0 Å². The maximum atomic E-state index is 4.11. The zero-order valence-electron chi connectivity index (χ0n) is 13.5. The quantitative estimate of drug-likeness (QED) is 0.868. The van der Waals surface area contributed by atoms with Crippen LogP contribution in [0.2, 0.25) is 0 Å². The summed E-state index contributed by atoms with van der Waals surface area (Å²) in [6, 6.07) is 0. The molecule has 0 unspecified atom stereocenters. The van der Waals surface area contributed by atoms with Crippen LogP contribution in [0.15, 0.2) is 18.7 Å². The van der Waals surface area contributed by atoms with Gasteiger partial charge < -0.3 is 9.88 Å². The number of hydrogen-bond acceptors (Lipinski definition) is 3. The highest BCUT2D eigenvalue weighted by molar-refractivity contribution is 5.00. The molecule has 20 heavy (non-hydrogen) atoms. The minimum absolute atomic E-state index is 0.253. The summed E-state index contributed by atoms with van der Waals surface area (Å²) >= 11 is 0. The standard InChI is InChI=1S/C16H30N4/c1-5-16(6-2)13-20(15(3,4)12-18-16)10-7-9-19-11-8-17-14-19/h8,11,14,18H,5-7,9-10,12-13H2,1-4H3. The highest BCUT2D eigenvalue weighted by Crippen LogP contribution is 2.28. The van der Waals surface area contributed by atoms with Gasteiger partial charge in [-0.25, -0.2) is 4.98 Å². The molecule has 1 aliphatic rings. The number of piperazine rings is 1. The first-order valence-electron chi connectivity index (χ1n) is 7.97. The van der Waals surface area contributed by atoms with Gasteiger partial charge >= 0.3 is 0 Å². The Morgan fingerprint density at radius 3 is 2.55 bits per heavy atom. The zero-order valence-corrected chi connectivity index (χ0v) is 13.5. The van der Waals surface area contributed by atoms with E-state index in [1.54, 1.807) is 0 Å². The van der Waals surface area contributed by atoms with E-state index in [4.69, 9.17) is 0 Å². The van der Waals surface area contributed by atoms with E-state index in [1.807, 2.05) is 18.7 Å². The molecule has 0 amide bonds. The highest BCUT2D eigenvalue weighted by atomic mass is 15.3. The molecule has 0 saturated carbocycles. The first-order valence-corrected chi connectivity index (χ1v) is 7.97. The Balaban J connectivity index is 1.92. The van der Waals surface area contributed by atoms with E-state index < -0.39 is 0 Å². The molecule has 4 nitrogen and oxygen atoms in total. The lowest BCUT2D eigenvalue weighted by Crippen LogP contribution is -2.67. The molecule has 0 atom stereocenters. The third-order valence-electron chi connectivity index (χ3n) is 5.00. The van der Waals surface area contributed by atoms with Crippen molar-refractivity contribution in [2.75, 3.05) is 19.6 Å². The molecule has 1 aromatic rings. The molecule has 0 spiro atoms. The average Bonchev–Trinajstić information content (AvgIpc) is 2.94. The van der Waals surface area contributed by atoms with Gasteiger partial charge in [-0.1, -0.05) is 13.8 Å². The number of nitrogens with zero attached hydrogens (tertiary/aromatic N) is 3. The van der Waals surface area contributed by atoms with Crippen LogP contribution in [0.1, 0.15) is 47.0 Å². The van der Waals surface area contributed by atoms with Gasteiger partial charge in [-0.3, -0.25) is 4.90 Å². The van der Waals surface area contributed by atoms with Crippen molar-refractivity contribution in [1.29, 1.82) is 0 Å². The second kappa shape index (κ2) is 6.27. The molecule has 0 aromatic carbocycles. The second-order valence-corrected chi connectivity index (χ2v) is 6.73. The van der Waals surface area contributed by atoms with Gasteiger partial charge in [0, 0.05) is 49.7 Å². The molecule has 1 fully saturated rings. The normalized spacial score (nSPS) is 22.0. The minimum Gasteiger partial charge on any atom is -0.337 e. The lowest BCUT2D eigenvalue weighted by atomic mass is 9.85. The number of aromatic nitrogens is 2. The van der Waals surface area contributed by atoms with E-state index in [0.29, 0.717) is 5.54 Å². The average molecular weight is 278 g/mol. The predicted molar refractivity (Wildman–Crippen MR) is 83.8 cm³/mol. The Hall–Kier alpha value is -0.870. The molecule has 1 saturated heterocycles. The number of imidazole rings is 1. The monoisotopic (exact) mass is 278 g/mol. The van der Waals surface area contributed by atoms with Gasteiger partial charge in [-0.15, -0.1) is 0 Å². The third-order valence-corrected chi connectivity index (χ3v) is 5.00. The zero-order chi connectivity index (χ0) is 14.6. The smallest absolute Gasteiger partial charge is 0.0945 e. The fraction of sp³-hybridized carbons (Fsp3) is 0.812. The van der Waals surface area contributed by atoms with Crippen molar-refractivity contribution >= 4 is 0 Å². The number of nitrogens with one attached hydrogen (secondary N) is 1. The van der Waals surface area contributed by atoms with Crippen molar-refractivity contribution in [3.05, 3.63) is 18.7 Å².